The average Bonchev–Trinajstić information content (AvgIpc) is 3.30. The fourth-order valence-electron chi connectivity index (χ4n) is 4.86. The Bertz CT molecular complexity index is 1330. The van der Waals surface area contributed by atoms with Crippen molar-refractivity contribution in [2.75, 3.05) is 23.9 Å². The molecule has 0 saturated carbocycles. The van der Waals surface area contributed by atoms with E-state index in [-0.39, 0.29) is 21.6 Å². The number of benzene rings is 3. The Morgan fingerprint density at radius 2 is 1.65 bits per heavy atom. The van der Waals surface area contributed by atoms with Gasteiger partial charge in [0.25, 0.3) is 15.9 Å². The summed E-state index contributed by atoms with van der Waals surface area (Å²) < 4.78 is 28.4. The smallest absolute Gasteiger partial charge is 0.265 e. The normalized spacial score (nSPS) is 16.5. The van der Waals surface area contributed by atoms with Crippen LogP contribution in [0.25, 0.3) is 0 Å². The maximum Gasteiger partial charge on any atom is 0.265 e. The van der Waals surface area contributed by atoms with Crippen LogP contribution in [0.5, 0.6) is 5.75 Å². The molecule has 3 aromatic carbocycles. The van der Waals surface area contributed by atoms with Crippen LogP contribution >= 0.6 is 11.6 Å². The summed E-state index contributed by atoms with van der Waals surface area (Å²) in [5, 5.41) is 9.61. The lowest BCUT2D eigenvalue weighted by atomic mass is 9.89. The van der Waals surface area contributed by atoms with Crippen molar-refractivity contribution in [3.8, 4) is 5.75 Å². The summed E-state index contributed by atoms with van der Waals surface area (Å²) >= 11 is 6.33. The van der Waals surface area contributed by atoms with Gasteiger partial charge in [-0.25, -0.2) is 8.42 Å². The van der Waals surface area contributed by atoms with E-state index in [4.69, 9.17) is 11.6 Å². The molecule has 2 aliphatic rings. The fourth-order valence-corrected chi connectivity index (χ4v) is 6.86. The number of rotatable bonds is 4. The predicted octanol–water partition coefficient (Wildman–Crippen LogP) is 4.82. The summed E-state index contributed by atoms with van der Waals surface area (Å²) in [5.74, 6) is 0.363. The third kappa shape index (κ3) is 4.14. The Morgan fingerprint density at radius 1 is 0.941 bits per heavy atom. The minimum absolute atomic E-state index is 0.0456. The Kier molecular flexibility index (Phi) is 6.00. The second kappa shape index (κ2) is 8.96. The predicted molar refractivity (Wildman–Crippen MR) is 132 cm³/mol. The zero-order valence-corrected chi connectivity index (χ0v) is 20.1. The number of hydrogen-bond donors (Lipinski definition) is 1. The first-order valence-electron chi connectivity index (χ1n) is 11.3. The Labute approximate surface area is 204 Å². The summed E-state index contributed by atoms with van der Waals surface area (Å²) in [6, 6.07) is 19.1. The number of carbonyl (C=O) groups excluding carboxylic acids is 1. The van der Waals surface area contributed by atoms with E-state index < -0.39 is 10.0 Å². The lowest BCUT2D eigenvalue weighted by Crippen LogP contribution is -2.38. The van der Waals surface area contributed by atoms with Gasteiger partial charge in [0.2, 0.25) is 0 Å². The molecule has 2 aliphatic heterocycles. The molecule has 176 valence electrons. The van der Waals surface area contributed by atoms with Gasteiger partial charge in [-0.05, 0) is 72.7 Å². The first-order chi connectivity index (χ1) is 16.3. The maximum atomic E-state index is 13.5. The SMILES string of the molecule is O=C(c1ccc(Cl)c(S(=O)(=O)N2CCc3ccccc32)c1)N1CCC(c2ccc(O)cc2)CC1. The average molecular weight is 497 g/mol. The number of piperidine rings is 1. The zero-order chi connectivity index (χ0) is 23.9. The van der Waals surface area contributed by atoms with Crippen LogP contribution in [-0.4, -0.2) is 44.0 Å². The highest BCUT2D eigenvalue weighted by Gasteiger charge is 2.33. The first-order valence-corrected chi connectivity index (χ1v) is 13.1. The van der Waals surface area contributed by atoms with Gasteiger partial charge in [-0.15, -0.1) is 0 Å². The number of phenols is 1. The number of nitrogens with zero attached hydrogens (tertiary/aromatic N) is 2. The first kappa shape index (κ1) is 22.7. The molecular formula is C26H25ClN2O4S. The molecule has 0 radical (unpaired) electrons. The van der Waals surface area contributed by atoms with Crippen LogP contribution in [0.15, 0.2) is 71.6 Å². The summed E-state index contributed by atoms with van der Waals surface area (Å²) in [5.41, 5.74) is 3.10. The van der Waals surface area contributed by atoms with Gasteiger partial charge >= 0.3 is 0 Å². The van der Waals surface area contributed by atoms with Crippen molar-refractivity contribution in [2.45, 2.75) is 30.1 Å². The molecule has 1 N–H and O–H groups in total. The Balaban J connectivity index is 1.35. The molecule has 1 fully saturated rings. The quantitative estimate of drug-likeness (QED) is 0.562. The topological polar surface area (TPSA) is 77.9 Å². The highest BCUT2D eigenvalue weighted by molar-refractivity contribution is 7.93. The van der Waals surface area contributed by atoms with E-state index in [9.17, 15) is 18.3 Å². The third-order valence-electron chi connectivity index (χ3n) is 6.74. The van der Waals surface area contributed by atoms with Crippen LogP contribution < -0.4 is 4.31 Å². The highest BCUT2D eigenvalue weighted by atomic mass is 35.5. The molecule has 0 spiro atoms. The van der Waals surface area contributed by atoms with Gasteiger partial charge in [0.1, 0.15) is 10.6 Å². The molecule has 1 amide bonds. The molecule has 3 aromatic rings. The molecule has 2 heterocycles. The Morgan fingerprint density at radius 3 is 2.38 bits per heavy atom. The lowest BCUT2D eigenvalue weighted by Gasteiger charge is -2.32. The van der Waals surface area contributed by atoms with Gasteiger partial charge in [0, 0.05) is 25.2 Å². The van der Waals surface area contributed by atoms with E-state index in [2.05, 4.69) is 0 Å². The third-order valence-corrected chi connectivity index (χ3v) is 9.03. The number of fused-ring (bicyclic) bond motifs is 1. The van der Waals surface area contributed by atoms with E-state index in [0.29, 0.717) is 43.2 Å². The van der Waals surface area contributed by atoms with Crippen LogP contribution in [0.1, 0.15) is 40.2 Å². The largest absolute Gasteiger partial charge is 0.508 e. The molecule has 6 nitrogen and oxygen atoms in total. The van der Waals surface area contributed by atoms with Crippen LogP contribution in [0.3, 0.4) is 0 Å². The van der Waals surface area contributed by atoms with Crippen molar-refractivity contribution >= 4 is 33.2 Å². The zero-order valence-electron chi connectivity index (χ0n) is 18.5. The van der Waals surface area contributed by atoms with E-state index >= 15 is 0 Å². The number of carbonyl (C=O) groups is 1. The number of anilines is 1. The van der Waals surface area contributed by atoms with E-state index in [1.165, 1.54) is 16.4 Å². The minimum Gasteiger partial charge on any atom is -0.508 e. The summed E-state index contributed by atoms with van der Waals surface area (Å²) in [7, 11) is -3.91. The van der Waals surface area contributed by atoms with Crippen molar-refractivity contribution in [1.82, 2.24) is 4.90 Å². The van der Waals surface area contributed by atoms with Gasteiger partial charge in [0.05, 0.1) is 10.7 Å². The number of likely N-dealkylation sites (tertiary alicyclic amines) is 1. The van der Waals surface area contributed by atoms with Crippen molar-refractivity contribution in [3.63, 3.8) is 0 Å². The maximum absolute atomic E-state index is 13.5. The second-order valence-electron chi connectivity index (χ2n) is 8.76. The Hall–Kier alpha value is -3.03. The molecule has 0 aliphatic carbocycles. The fraction of sp³-hybridized carbons (Fsp3) is 0.269. The van der Waals surface area contributed by atoms with Crippen molar-refractivity contribution in [1.29, 1.82) is 0 Å². The molecule has 0 atom stereocenters. The van der Waals surface area contributed by atoms with Gasteiger partial charge in [-0.1, -0.05) is 41.9 Å². The van der Waals surface area contributed by atoms with E-state index in [1.807, 2.05) is 30.3 Å². The van der Waals surface area contributed by atoms with Crippen molar-refractivity contribution < 1.29 is 18.3 Å². The lowest BCUT2D eigenvalue weighted by molar-refractivity contribution is 0.0712. The van der Waals surface area contributed by atoms with Gasteiger partial charge in [-0.2, -0.15) is 0 Å². The number of hydrogen-bond acceptors (Lipinski definition) is 4. The summed E-state index contributed by atoms with van der Waals surface area (Å²) in [6.07, 6.45) is 2.25. The number of sulfonamides is 1. The van der Waals surface area contributed by atoms with Crippen LogP contribution in [0.4, 0.5) is 5.69 Å². The number of halogens is 1. The molecule has 0 unspecified atom stereocenters. The molecule has 0 aromatic heterocycles. The van der Waals surface area contributed by atoms with Gasteiger partial charge in [-0.3, -0.25) is 9.10 Å². The molecule has 5 rings (SSSR count). The number of para-hydroxylation sites is 1. The summed E-state index contributed by atoms with van der Waals surface area (Å²) in [6.45, 7) is 1.50. The van der Waals surface area contributed by atoms with Gasteiger partial charge < -0.3 is 10.0 Å². The standard InChI is InChI=1S/C26H25ClN2O4S/c27-23-10-7-21(17-25(23)34(32,33)29-16-13-20-3-1-2-4-24(20)29)26(31)28-14-11-19(12-15-28)18-5-8-22(30)9-6-18/h1-10,17,19,30H,11-16H2. The molecule has 8 heteroatoms. The highest BCUT2D eigenvalue weighted by Crippen LogP contribution is 2.36. The molecule has 0 bridgehead atoms. The second-order valence-corrected chi connectivity index (χ2v) is 11.0. The monoisotopic (exact) mass is 496 g/mol. The van der Waals surface area contributed by atoms with E-state index in [0.717, 1.165) is 24.0 Å². The number of amides is 1. The number of phenolic OH excluding ortho intramolecular Hbond substituents is 1. The molecule has 1 saturated heterocycles. The van der Waals surface area contributed by atoms with Gasteiger partial charge in [0.15, 0.2) is 0 Å². The van der Waals surface area contributed by atoms with E-state index in [1.54, 1.807) is 29.2 Å². The molecular weight excluding hydrogens is 472 g/mol. The van der Waals surface area contributed by atoms with Crippen molar-refractivity contribution in [3.05, 3.63) is 88.4 Å². The minimum atomic E-state index is -3.91. The molecule has 34 heavy (non-hydrogen) atoms. The van der Waals surface area contributed by atoms with Crippen LogP contribution in [0.2, 0.25) is 5.02 Å². The van der Waals surface area contributed by atoms with Crippen molar-refractivity contribution in [2.24, 2.45) is 0 Å². The number of aromatic hydroxyl groups is 1. The van der Waals surface area contributed by atoms with Crippen LogP contribution in [-0.2, 0) is 16.4 Å². The summed E-state index contributed by atoms with van der Waals surface area (Å²) in [4.78, 5) is 15.0. The van der Waals surface area contributed by atoms with Crippen LogP contribution in [0, 0.1) is 0 Å².